The van der Waals surface area contributed by atoms with E-state index < -0.39 is 17.9 Å². The van der Waals surface area contributed by atoms with Gasteiger partial charge in [0.05, 0.1) is 5.54 Å². The molecule has 0 bridgehead atoms. The van der Waals surface area contributed by atoms with Crippen LogP contribution in [0.2, 0.25) is 0 Å². The summed E-state index contributed by atoms with van der Waals surface area (Å²) in [6.45, 7) is 0. The Hall–Kier alpha value is -0.690. The van der Waals surface area contributed by atoms with Crippen LogP contribution in [0, 0.1) is 0 Å². The van der Waals surface area contributed by atoms with Crippen LogP contribution in [0.25, 0.3) is 0 Å². The van der Waals surface area contributed by atoms with Crippen molar-refractivity contribution in [3.8, 4) is 0 Å². The Morgan fingerprint density at radius 2 is 2.36 bits per heavy atom. The number of hydrogen-bond acceptors (Lipinski definition) is 5. The lowest BCUT2D eigenvalue weighted by Gasteiger charge is -2.16. The summed E-state index contributed by atoms with van der Waals surface area (Å²) in [5, 5.41) is 3.49. The number of rotatable bonds is 2. The highest BCUT2D eigenvalue weighted by Crippen LogP contribution is 2.33. The molecule has 0 radical (unpaired) electrons. The molecule has 1 aliphatic heterocycles. The van der Waals surface area contributed by atoms with Crippen LogP contribution in [-0.2, 0) is 5.54 Å². The van der Waals surface area contributed by atoms with Crippen LogP contribution in [-0.4, -0.2) is 21.6 Å². The molecule has 14 heavy (non-hydrogen) atoms. The molecule has 78 valence electrons. The quantitative estimate of drug-likeness (QED) is 0.815. The maximum Gasteiger partial charge on any atom is 0.315 e. The Morgan fingerprint density at radius 3 is 2.86 bits per heavy atom. The number of thioether (sulfide) groups is 1. The predicted molar refractivity (Wildman–Crippen MR) is 47.1 cm³/mol. The normalized spacial score (nSPS) is 27.4. The second-order valence-electron chi connectivity index (χ2n) is 3.22. The Balaban J connectivity index is 2.23. The number of halogens is 2. The minimum Gasteiger partial charge on any atom is -0.333 e. The summed E-state index contributed by atoms with van der Waals surface area (Å²) in [4.78, 5) is 3.60. The largest absolute Gasteiger partial charge is 0.333 e. The smallest absolute Gasteiger partial charge is 0.315 e. The molecule has 1 aromatic heterocycles. The van der Waals surface area contributed by atoms with Crippen LogP contribution in [0.15, 0.2) is 4.52 Å². The van der Waals surface area contributed by atoms with E-state index in [1.54, 1.807) is 11.8 Å². The average Bonchev–Trinajstić information content (AvgIpc) is 2.71. The van der Waals surface area contributed by atoms with Crippen LogP contribution >= 0.6 is 11.8 Å². The van der Waals surface area contributed by atoms with Gasteiger partial charge >= 0.3 is 6.43 Å². The molecule has 0 aliphatic carbocycles. The fourth-order valence-electron chi connectivity index (χ4n) is 1.28. The molecule has 1 aromatic rings. The highest BCUT2D eigenvalue weighted by molar-refractivity contribution is 7.99. The van der Waals surface area contributed by atoms with E-state index in [9.17, 15) is 8.78 Å². The summed E-state index contributed by atoms with van der Waals surface area (Å²) in [5.74, 6) is 1.09. The van der Waals surface area contributed by atoms with Gasteiger partial charge in [-0.25, -0.2) is 0 Å². The highest BCUT2D eigenvalue weighted by Gasteiger charge is 2.37. The van der Waals surface area contributed by atoms with Gasteiger partial charge in [-0.05, 0) is 12.2 Å². The van der Waals surface area contributed by atoms with Crippen LogP contribution in [0.5, 0.6) is 0 Å². The third-order valence-corrected chi connectivity index (χ3v) is 3.34. The summed E-state index contributed by atoms with van der Waals surface area (Å²) in [6.07, 6.45) is -2.03. The first-order valence-electron chi connectivity index (χ1n) is 4.11. The zero-order valence-corrected chi connectivity index (χ0v) is 8.06. The molecule has 7 heteroatoms. The van der Waals surface area contributed by atoms with E-state index in [4.69, 9.17) is 5.73 Å². The van der Waals surface area contributed by atoms with Gasteiger partial charge in [0.25, 0.3) is 5.89 Å². The zero-order valence-electron chi connectivity index (χ0n) is 7.24. The fraction of sp³-hybridized carbons (Fsp3) is 0.714. The van der Waals surface area contributed by atoms with Crippen LogP contribution in [0.4, 0.5) is 8.78 Å². The van der Waals surface area contributed by atoms with E-state index in [0.717, 1.165) is 5.75 Å². The Morgan fingerprint density at radius 1 is 1.57 bits per heavy atom. The SMILES string of the molecule is NC1(c2noc(C(F)F)n2)CCSC1. The Bertz CT molecular complexity index is 324. The van der Waals surface area contributed by atoms with Gasteiger partial charge in [0, 0.05) is 5.75 Å². The second-order valence-corrected chi connectivity index (χ2v) is 4.32. The predicted octanol–water partition coefficient (Wildman–Crippen LogP) is 1.30. The van der Waals surface area contributed by atoms with E-state index in [1.807, 2.05) is 0 Å². The summed E-state index contributed by atoms with van der Waals surface area (Å²) >= 11 is 1.66. The lowest BCUT2D eigenvalue weighted by Crippen LogP contribution is -2.37. The third-order valence-electron chi connectivity index (χ3n) is 2.13. The molecular formula is C7H9F2N3OS. The minimum absolute atomic E-state index is 0.192. The molecule has 1 atom stereocenters. The van der Waals surface area contributed by atoms with Crippen molar-refractivity contribution >= 4 is 11.8 Å². The van der Waals surface area contributed by atoms with Crippen molar-refractivity contribution in [2.24, 2.45) is 5.73 Å². The Labute approximate surface area is 83.2 Å². The molecule has 1 unspecified atom stereocenters. The van der Waals surface area contributed by atoms with Crippen molar-refractivity contribution in [3.63, 3.8) is 0 Å². The van der Waals surface area contributed by atoms with Gasteiger partial charge in [-0.1, -0.05) is 5.16 Å². The maximum absolute atomic E-state index is 12.1. The first-order chi connectivity index (χ1) is 6.62. The molecule has 1 saturated heterocycles. The minimum atomic E-state index is -2.73. The molecule has 2 N–H and O–H groups in total. The monoisotopic (exact) mass is 221 g/mol. The standard InChI is InChI=1S/C7H9F2N3OS/c8-4(9)5-11-6(12-13-5)7(10)1-2-14-3-7/h4H,1-3,10H2. The molecule has 1 aliphatic rings. The third kappa shape index (κ3) is 1.61. The first kappa shape index (κ1) is 9.85. The van der Waals surface area contributed by atoms with Gasteiger partial charge < -0.3 is 10.3 Å². The van der Waals surface area contributed by atoms with E-state index in [0.29, 0.717) is 12.2 Å². The van der Waals surface area contributed by atoms with Gasteiger partial charge in [0.15, 0.2) is 5.82 Å². The Kier molecular flexibility index (Phi) is 2.44. The number of aromatic nitrogens is 2. The second kappa shape index (κ2) is 3.47. The molecule has 2 heterocycles. The van der Waals surface area contributed by atoms with Crippen molar-refractivity contribution in [2.75, 3.05) is 11.5 Å². The summed E-state index contributed by atoms with van der Waals surface area (Å²) in [5.41, 5.74) is 5.25. The van der Waals surface area contributed by atoms with Gasteiger partial charge in [-0.15, -0.1) is 0 Å². The number of hydrogen-bond donors (Lipinski definition) is 1. The zero-order chi connectivity index (χ0) is 10.2. The van der Waals surface area contributed by atoms with E-state index in [2.05, 4.69) is 14.7 Å². The molecule has 1 fully saturated rings. The van der Waals surface area contributed by atoms with Crippen molar-refractivity contribution in [2.45, 2.75) is 18.4 Å². The molecule has 0 aromatic carbocycles. The number of alkyl halides is 2. The molecule has 0 amide bonds. The topological polar surface area (TPSA) is 64.9 Å². The molecule has 2 rings (SSSR count). The summed E-state index contributed by atoms with van der Waals surface area (Å²) in [7, 11) is 0. The van der Waals surface area contributed by atoms with Crippen LogP contribution in [0.3, 0.4) is 0 Å². The van der Waals surface area contributed by atoms with Crippen molar-refractivity contribution in [1.82, 2.24) is 10.1 Å². The van der Waals surface area contributed by atoms with Crippen molar-refractivity contribution < 1.29 is 13.3 Å². The van der Waals surface area contributed by atoms with Crippen molar-refractivity contribution in [1.29, 1.82) is 0 Å². The number of nitrogens with two attached hydrogens (primary N) is 1. The number of nitrogens with zero attached hydrogens (tertiary/aromatic N) is 2. The fourth-order valence-corrected chi connectivity index (χ4v) is 2.57. The van der Waals surface area contributed by atoms with Gasteiger partial charge in [0.1, 0.15) is 0 Å². The maximum atomic E-state index is 12.1. The van der Waals surface area contributed by atoms with Crippen LogP contribution in [0.1, 0.15) is 24.6 Å². The average molecular weight is 221 g/mol. The lowest BCUT2D eigenvalue weighted by atomic mass is 10.0. The molecule has 0 saturated carbocycles. The summed E-state index contributed by atoms with van der Waals surface area (Å²) in [6, 6.07) is 0. The van der Waals surface area contributed by atoms with Gasteiger partial charge in [-0.3, -0.25) is 0 Å². The molecular weight excluding hydrogens is 212 g/mol. The van der Waals surface area contributed by atoms with Gasteiger partial charge in [0.2, 0.25) is 0 Å². The highest BCUT2D eigenvalue weighted by atomic mass is 32.2. The van der Waals surface area contributed by atoms with Crippen LogP contribution < -0.4 is 5.73 Å². The lowest BCUT2D eigenvalue weighted by molar-refractivity contribution is 0.106. The van der Waals surface area contributed by atoms with E-state index >= 15 is 0 Å². The van der Waals surface area contributed by atoms with E-state index in [-0.39, 0.29) is 5.82 Å². The van der Waals surface area contributed by atoms with Crippen molar-refractivity contribution in [3.05, 3.63) is 11.7 Å². The molecule has 0 spiro atoms. The van der Waals surface area contributed by atoms with E-state index in [1.165, 1.54) is 0 Å². The van der Waals surface area contributed by atoms with Gasteiger partial charge in [-0.2, -0.15) is 25.5 Å². The summed E-state index contributed by atoms with van der Waals surface area (Å²) < 4.78 is 28.7. The first-order valence-corrected chi connectivity index (χ1v) is 5.26. The molecule has 4 nitrogen and oxygen atoms in total.